The number of hydrogen-bond donors (Lipinski definition) is 1. The minimum atomic E-state index is 0.0926. The minimum Gasteiger partial charge on any atom is -0.361 e. The summed E-state index contributed by atoms with van der Waals surface area (Å²) >= 11 is 0. The Morgan fingerprint density at radius 2 is 2.33 bits per heavy atom. The van der Waals surface area contributed by atoms with Crippen LogP contribution in [0.2, 0.25) is 0 Å². The van der Waals surface area contributed by atoms with Crippen LogP contribution in [0.4, 0.5) is 0 Å². The quantitative estimate of drug-likeness (QED) is 0.544. The van der Waals surface area contributed by atoms with Crippen molar-refractivity contribution in [1.82, 2.24) is 0 Å². The SMILES string of the molecule is CC[C](O)OC. The zero-order valence-electron chi connectivity index (χ0n) is 4.06. The molecule has 37 valence electrons. The largest absolute Gasteiger partial charge is 0.361 e. The maximum Gasteiger partial charge on any atom is 0.220 e. The first-order valence-electron chi connectivity index (χ1n) is 1.90. The number of aliphatic hydroxyl groups excluding tert-OH is 1. The lowest BCUT2D eigenvalue weighted by atomic mass is 10.5. The molecule has 0 saturated heterocycles. The second-order valence-electron chi connectivity index (χ2n) is 0.951. The molecule has 0 aliphatic rings. The van der Waals surface area contributed by atoms with Crippen molar-refractivity contribution >= 4 is 0 Å². The maximum atomic E-state index is 8.36. The molecule has 0 atom stereocenters. The summed E-state index contributed by atoms with van der Waals surface area (Å²) in [6.45, 7) is 1.82. The van der Waals surface area contributed by atoms with Crippen molar-refractivity contribution in [2.24, 2.45) is 0 Å². The van der Waals surface area contributed by atoms with Gasteiger partial charge in [0.2, 0.25) is 6.29 Å². The molecule has 0 aromatic heterocycles. The van der Waals surface area contributed by atoms with Crippen molar-refractivity contribution in [1.29, 1.82) is 0 Å². The van der Waals surface area contributed by atoms with E-state index in [-0.39, 0.29) is 6.29 Å². The van der Waals surface area contributed by atoms with Crippen LogP contribution in [-0.4, -0.2) is 12.2 Å². The van der Waals surface area contributed by atoms with Crippen LogP contribution in [-0.2, 0) is 4.74 Å². The fraction of sp³-hybridized carbons (Fsp3) is 0.750. The third-order valence-corrected chi connectivity index (χ3v) is 0.538. The summed E-state index contributed by atoms with van der Waals surface area (Å²) in [4.78, 5) is 0. The van der Waals surface area contributed by atoms with Crippen molar-refractivity contribution in [2.75, 3.05) is 7.11 Å². The van der Waals surface area contributed by atoms with Gasteiger partial charge in [0.05, 0.1) is 0 Å². The molecule has 0 saturated carbocycles. The molecule has 0 aromatic rings. The summed E-state index contributed by atoms with van der Waals surface area (Å²) in [6.07, 6.45) is 0.672. The number of hydrogen-bond acceptors (Lipinski definition) is 2. The molecule has 0 amide bonds. The minimum absolute atomic E-state index is 0.0926. The molecule has 2 nitrogen and oxygen atoms in total. The van der Waals surface area contributed by atoms with E-state index in [4.69, 9.17) is 5.11 Å². The fourth-order valence-electron chi connectivity index (χ4n) is 0.144. The molecule has 0 unspecified atom stereocenters. The predicted octanol–water partition coefficient (Wildman–Crippen LogP) is 0.905. The Morgan fingerprint density at radius 3 is 2.33 bits per heavy atom. The van der Waals surface area contributed by atoms with Gasteiger partial charge in [0.1, 0.15) is 0 Å². The Hall–Kier alpha value is -0.0800. The molecule has 0 aliphatic heterocycles. The van der Waals surface area contributed by atoms with Crippen LogP contribution in [0.25, 0.3) is 0 Å². The summed E-state index contributed by atoms with van der Waals surface area (Å²) in [5.74, 6) is 0. The van der Waals surface area contributed by atoms with Crippen molar-refractivity contribution in [3.63, 3.8) is 0 Å². The van der Waals surface area contributed by atoms with E-state index >= 15 is 0 Å². The Kier molecular flexibility index (Phi) is 3.08. The number of ether oxygens (including phenoxy) is 1. The van der Waals surface area contributed by atoms with Crippen molar-refractivity contribution in [3.05, 3.63) is 6.29 Å². The molecule has 0 bridgehead atoms. The van der Waals surface area contributed by atoms with Crippen LogP contribution in [0.15, 0.2) is 0 Å². The van der Waals surface area contributed by atoms with Gasteiger partial charge in [0.25, 0.3) is 0 Å². The van der Waals surface area contributed by atoms with Gasteiger partial charge in [-0.05, 0) is 0 Å². The van der Waals surface area contributed by atoms with Crippen LogP contribution in [0, 0.1) is 6.29 Å². The van der Waals surface area contributed by atoms with Crippen molar-refractivity contribution < 1.29 is 9.84 Å². The second kappa shape index (κ2) is 3.12. The highest BCUT2D eigenvalue weighted by Gasteiger charge is 1.93. The van der Waals surface area contributed by atoms with E-state index in [0.29, 0.717) is 6.42 Å². The molecular formula is C4H9O2. The number of aliphatic hydroxyl groups is 1. The smallest absolute Gasteiger partial charge is 0.220 e. The third-order valence-electron chi connectivity index (χ3n) is 0.538. The molecule has 2 heteroatoms. The molecule has 0 aliphatic carbocycles. The summed E-state index contributed by atoms with van der Waals surface area (Å²) in [5, 5.41) is 8.36. The molecule has 1 radical (unpaired) electrons. The first-order chi connectivity index (χ1) is 2.81. The van der Waals surface area contributed by atoms with Gasteiger partial charge in [-0.3, -0.25) is 0 Å². The predicted molar refractivity (Wildman–Crippen MR) is 22.5 cm³/mol. The highest BCUT2D eigenvalue weighted by molar-refractivity contribution is 4.52. The first kappa shape index (κ1) is 5.92. The molecule has 0 heterocycles. The van der Waals surface area contributed by atoms with Crippen LogP contribution < -0.4 is 0 Å². The molecular weight excluding hydrogens is 80.0 g/mol. The van der Waals surface area contributed by atoms with Gasteiger partial charge in [-0.25, -0.2) is 0 Å². The normalized spacial score (nSPS) is 10.0. The van der Waals surface area contributed by atoms with Gasteiger partial charge in [-0.1, -0.05) is 6.92 Å². The summed E-state index contributed by atoms with van der Waals surface area (Å²) < 4.78 is 4.37. The van der Waals surface area contributed by atoms with Gasteiger partial charge in [-0.2, -0.15) is 0 Å². The molecule has 0 fully saturated rings. The van der Waals surface area contributed by atoms with Crippen molar-refractivity contribution in [3.8, 4) is 0 Å². The van der Waals surface area contributed by atoms with Crippen LogP contribution in [0.5, 0.6) is 0 Å². The van der Waals surface area contributed by atoms with E-state index in [1.807, 2.05) is 6.92 Å². The summed E-state index contributed by atoms with van der Waals surface area (Å²) in [6, 6.07) is 0. The van der Waals surface area contributed by atoms with Gasteiger partial charge >= 0.3 is 0 Å². The van der Waals surface area contributed by atoms with Gasteiger partial charge in [0, 0.05) is 13.5 Å². The van der Waals surface area contributed by atoms with E-state index < -0.39 is 0 Å². The Bertz CT molecular complexity index is 24.7. The highest BCUT2D eigenvalue weighted by Crippen LogP contribution is 1.96. The lowest BCUT2D eigenvalue weighted by Gasteiger charge is -1.97. The van der Waals surface area contributed by atoms with Gasteiger partial charge < -0.3 is 9.84 Å². The molecule has 0 aromatic carbocycles. The Labute approximate surface area is 37.7 Å². The topological polar surface area (TPSA) is 29.5 Å². The van der Waals surface area contributed by atoms with Crippen molar-refractivity contribution in [2.45, 2.75) is 13.3 Å². The monoisotopic (exact) mass is 89.1 g/mol. The highest BCUT2D eigenvalue weighted by atomic mass is 16.6. The van der Waals surface area contributed by atoms with E-state index in [1.54, 1.807) is 0 Å². The zero-order valence-corrected chi connectivity index (χ0v) is 4.06. The Morgan fingerprint density at radius 1 is 1.83 bits per heavy atom. The maximum absolute atomic E-state index is 8.36. The van der Waals surface area contributed by atoms with Crippen LogP contribution in [0.1, 0.15) is 13.3 Å². The average molecular weight is 89.1 g/mol. The molecule has 6 heavy (non-hydrogen) atoms. The lowest BCUT2D eigenvalue weighted by Crippen LogP contribution is -1.93. The van der Waals surface area contributed by atoms with E-state index in [0.717, 1.165) is 0 Å². The average Bonchev–Trinajstić information content (AvgIpc) is 1.65. The number of rotatable bonds is 2. The summed E-state index contributed by atoms with van der Waals surface area (Å²) in [5.41, 5.74) is 0. The lowest BCUT2D eigenvalue weighted by molar-refractivity contribution is 0.0340. The zero-order chi connectivity index (χ0) is 4.99. The van der Waals surface area contributed by atoms with Gasteiger partial charge in [0.15, 0.2) is 0 Å². The molecule has 0 rings (SSSR count). The fourth-order valence-corrected chi connectivity index (χ4v) is 0.144. The third kappa shape index (κ3) is 2.18. The van der Waals surface area contributed by atoms with Gasteiger partial charge in [-0.15, -0.1) is 0 Å². The molecule has 1 N–H and O–H groups in total. The van der Waals surface area contributed by atoms with Crippen LogP contribution in [0.3, 0.4) is 0 Å². The van der Waals surface area contributed by atoms with E-state index in [1.165, 1.54) is 7.11 Å². The Balaban J connectivity index is 2.75. The summed E-state index contributed by atoms with van der Waals surface area (Å²) in [7, 11) is 1.44. The van der Waals surface area contributed by atoms with Crippen LogP contribution >= 0.6 is 0 Å². The molecule has 0 spiro atoms. The van der Waals surface area contributed by atoms with E-state index in [9.17, 15) is 0 Å². The van der Waals surface area contributed by atoms with E-state index in [2.05, 4.69) is 4.74 Å². The second-order valence-corrected chi connectivity index (χ2v) is 0.951. The first-order valence-corrected chi connectivity index (χ1v) is 1.90. The standard InChI is InChI=1S/C4H9O2/c1-3-4(5)6-2/h5H,3H2,1-2H3. The number of methoxy groups -OCH3 is 1.